The standard InChI is InChI=1S/C13H12BrClN2O/c1-7-3-10(4-8(2)12(7)15)18-13-11(16)5-9(14)6-17-13/h3-6H,16H2,1-2H3. The first-order valence-corrected chi connectivity index (χ1v) is 6.50. The van der Waals surface area contributed by atoms with E-state index in [-0.39, 0.29) is 0 Å². The summed E-state index contributed by atoms with van der Waals surface area (Å²) in [5, 5.41) is 0.749. The molecule has 2 rings (SSSR count). The fraction of sp³-hybridized carbons (Fsp3) is 0.154. The van der Waals surface area contributed by atoms with Gasteiger partial charge in [-0.2, -0.15) is 0 Å². The molecule has 0 aliphatic rings. The van der Waals surface area contributed by atoms with Crippen LogP contribution in [-0.4, -0.2) is 4.98 Å². The smallest absolute Gasteiger partial charge is 0.242 e. The number of aryl methyl sites for hydroxylation is 2. The van der Waals surface area contributed by atoms with Gasteiger partial charge in [-0.3, -0.25) is 0 Å². The zero-order valence-electron chi connectivity index (χ0n) is 10.00. The summed E-state index contributed by atoms with van der Waals surface area (Å²) in [6.45, 7) is 3.86. The van der Waals surface area contributed by atoms with Gasteiger partial charge in [-0.25, -0.2) is 4.98 Å². The summed E-state index contributed by atoms with van der Waals surface area (Å²) >= 11 is 9.40. The van der Waals surface area contributed by atoms with Crippen molar-refractivity contribution in [3.63, 3.8) is 0 Å². The SMILES string of the molecule is Cc1cc(Oc2ncc(Br)cc2N)cc(C)c1Cl. The number of nitrogens with zero attached hydrogens (tertiary/aromatic N) is 1. The Labute approximate surface area is 119 Å². The van der Waals surface area contributed by atoms with E-state index in [0.29, 0.717) is 17.3 Å². The summed E-state index contributed by atoms with van der Waals surface area (Å²) in [6.07, 6.45) is 1.64. The maximum Gasteiger partial charge on any atom is 0.242 e. The molecule has 3 nitrogen and oxygen atoms in total. The van der Waals surface area contributed by atoms with Gasteiger partial charge < -0.3 is 10.5 Å². The lowest BCUT2D eigenvalue weighted by atomic mass is 10.1. The van der Waals surface area contributed by atoms with Crippen molar-refractivity contribution in [3.8, 4) is 11.6 Å². The van der Waals surface area contributed by atoms with Crippen LogP contribution in [-0.2, 0) is 0 Å². The molecule has 0 aliphatic heterocycles. The van der Waals surface area contributed by atoms with Gasteiger partial charge in [-0.1, -0.05) is 11.6 Å². The van der Waals surface area contributed by atoms with E-state index in [1.165, 1.54) is 0 Å². The minimum atomic E-state index is 0.388. The summed E-state index contributed by atoms with van der Waals surface area (Å²) < 4.78 is 6.48. The lowest BCUT2D eigenvalue weighted by Crippen LogP contribution is -1.95. The summed E-state index contributed by atoms with van der Waals surface area (Å²) in [5.41, 5.74) is 8.23. The van der Waals surface area contributed by atoms with Gasteiger partial charge in [-0.15, -0.1) is 0 Å². The van der Waals surface area contributed by atoms with Crippen molar-refractivity contribution in [1.29, 1.82) is 0 Å². The first kappa shape index (κ1) is 13.2. The minimum Gasteiger partial charge on any atom is -0.437 e. The van der Waals surface area contributed by atoms with E-state index in [4.69, 9.17) is 22.1 Å². The van der Waals surface area contributed by atoms with E-state index in [9.17, 15) is 0 Å². The highest BCUT2D eigenvalue weighted by atomic mass is 79.9. The van der Waals surface area contributed by atoms with Crippen LogP contribution in [0.5, 0.6) is 11.6 Å². The zero-order chi connectivity index (χ0) is 13.3. The van der Waals surface area contributed by atoms with E-state index >= 15 is 0 Å². The number of hydrogen-bond donors (Lipinski definition) is 1. The molecular weight excluding hydrogens is 316 g/mol. The van der Waals surface area contributed by atoms with Gasteiger partial charge in [0.15, 0.2) is 0 Å². The molecule has 18 heavy (non-hydrogen) atoms. The van der Waals surface area contributed by atoms with E-state index < -0.39 is 0 Å². The number of anilines is 1. The Balaban J connectivity index is 2.34. The molecule has 1 heterocycles. The fourth-order valence-electron chi connectivity index (χ4n) is 1.60. The van der Waals surface area contributed by atoms with Crippen molar-refractivity contribution in [2.24, 2.45) is 0 Å². The van der Waals surface area contributed by atoms with E-state index in [2.05, 4.69) is 20.9 Å². The highest BCUT2D eigenvalue weighted by Crippen LogP contribution is 2.31. The number of nitrogens with two attached hydrogens (primary N) is 1. The van der Waals surface area contributed by atoms with Crippen LogP contribution < -0.4 is 10.5 Å². The Kier molecular flexibility index (Phi) is 3.78. The molecule has 0 saturated heterocycles. The van der Waals surface area contributed by atoms with Crippen molar-refractivity contribution in [1.82, 2.24) is 4.98 Å². The number of benzene rings is 1. The first-order chi connectivity index (χ1) is 8.47. The number of nitrogen functional groups attached to an aromatic ring is 1. The molecule has 0 saturated carbocycles. The predicted octanol–water partition coefficient (Wildman–Crippen LogP) is 4.49. The van der Waals surface area contributed by atoms with E-state index in [1.54, 1.807) is 12.3 Å². The molecule has 0 radical (unpaired) electrons. The van der Waals surface area contributed by atoms with E-state index in [1.807, 2.05) is 26.0 Å². The topological polar surface area (TPSA) is 48.1 Å². The average Bonchev–Trinajstić information content (AvgIpc) is 2.29. The Bertz CT molecular complexity index is 579. The molecule has 0 aliphatic carbocycles. The number of ether oxygens (including phenoxy) is 1. The average molecular weight is 328 g/mol. The maximum atomic E-state index is 6.10. The van der Waals surface area contributed by atoms with Crippen molar-refractivity contribution < 1.29 is 4.74 Å². The second-order valence-corrected chi connectivity index (χ2v) is 5.31. The minimum absolute atomic E-state index is 0.388. The monoisotopic (exact) mass is 326 g/mol. The van der Waals surface area contributed by atoms with Crippen LogP contribution in [0.25, 0.3) is 0 Å². The molecule has 0 spiro atoms. The van der Waals surface area contributed by atoms with Crippen LogP contribution >= 0.6 is 27.5 Å². The summed E-state index contributed by atoms with van der Waals surface area (Å²) in [4.78, 5) is 4.13. The Morgan fingerprint density at radius 3 is 2.39 bits per heavy atom. The van der Waals surface area contributed by atoms with Crippen molar-refractivity contribution >= 4 is 33.2 Å². The van der Waals surface area contributed by atoms with Crippen LogP contribution in [0.2, 0.25) is 5.02 Å². The second-order valence-electron chi connectivity index (χ2n) is 4.02. The Hall–Kier alpha value is -1.26. The molecule has 0 fully saturated rings. The highest BCUT2D eigenvalue weighted by molar-refractivity contribution is 9.10. The van der Waals surface area contributed by atoms with Gasteiger partial charge in [0.25, 0.3) is 0 Å². The first-order valence-electron chi connectivity index (χ1n) is 5.33. The van der Waals surface area contributed by atoms with Crippen molar-refractivity contribution in [3.05, 3.63) is 45.0 Å². The summed E-state index contributed by atoms with van der Waals surface area (Å²) in [7, 11) is 0. The molecule has 0 bridgehead atoms. The third-order valence-corrected chi connectivity index (χ3v) is 3.50. The summed E-state index contributed by atoms with van der Waals surface area (Å²) in [5.74, 6) is 1.07. The van der Waals surface area contributed by atoms with Gasteiger partial charge >= 0.3 is 0 Å². The molecular formula is C13H12BrClN2O. The third kappa shape index (κ3) is 2.76. The molecule has 1 aromatic carbocycles. The molecule has 2 aromatic rings. The highest BCUT2D eigenvalue weighted by Gasteiger charge is 2.08. The molecule has 5 heteroatoms. The Morgan fingerprint density at radius 2 is 1.83 bits per heavy atom. The third-order valence-electron chi connectivity index (χ3n) is 2.47. The van der Waals surface area contributed by atoms with Crippen LogP contribution in [0.3, 0.4) is 0 Å². The van der Waals surface area contributed by atoms with Crippen LogP contribution in [0.15, 0.2) is 28.9 Å². The van der Waals surface area contributed by atoms with E-state index in [0.717, 1.165) is 20.6 Å². The largest absolute Gasteiger partial charge is 0.437 e. The lowest BCUT2D eigenvalue weighted by molar-refractivity contribution is 0.464. The number of pyridine rings is 1. The Morgan fingerprint density at radius 1 is 1.22 bits per heavy atom. The number of halogens is 2. The van der Waals surface area contributed by atoms with Gasteiger partial charge in [0.2, 0.25) is 5.88 Å². The van der Waals surface area contributed by atoms with Gasteiger partial charge in [-0.05, 0) is 59.1 Å². The normalized spacial score (nSPS) is 10.4. The number of hydrogen-bond acceptors (Lipinski definition) is 3. The van der Waals surface area contributed by atoms with Gasteiger partial charge in [0.1, 0.15) is 5.75 Å². The van der Waals surface area contributed by atoms with Crippen LogP contribution in [0.1, 0.15) is 11.1 Å². The van der Waals surface area contributed by atoms with Crippen molar-refractivity contribution in [2.45, 2.75) is 13.8 Å². The molecule has 1 aromatic heterocycles. The fourth-order valence-corrected chi connectivity index (χ4v) is 2.06. The predicted molar refractivity (Wildman–Crippen MR) is 77.3 cm³/mol. The summed E-state index contributed by atoms with van der Waals surface area (Å²) in [6, 6.07) is 5.47. The number of rotatable bonds is 2. The van der Waals surface area contributed by atoms with Gasteiger partial charge in [0, 0.05) is 15.7 Å². The lowest BCUT2D eigenvalue weighted by Gasteiger charge is -2.10. The number of aromatic nitrogens is 1. The van der Waals surface area contributed by atoms with Gasteiger partial charge in [0.05, 0.1) is 5.69 Å². The maximum absolute atomic E-state index is 6.10. The molecule has 94 valence electrons. The van der Waals surface area contributed by atoms with Crippen LogP contribution in [0.4, 0.5) is 5.69 Å². The van der Waals surface area contributed by atoms with Crippen molar-refractivity contribution in [2.75, 3.05) is 5.73 Å². The zero-order valence-corrected chi connectivity index (χ0v) is 12.3. The second kappa shape index (κ2) is 5.16. The molecule has 0 amide bonds. The van der Waals surface area contributed by atoms with Crippen LogP contribution in [0, 0.1) is 13.8 Å². The molecule has 0 atom stereocenters. The quantitative estimate of drug-likeness (QED) is 0.884. The molecule has 0 unspecified atom stereocenters. The molecule has 2 N–H and O–H groups in total.